The average Bonchev–Trinajstić information content (AvgIpc) is 0.782. The van der Waals surface area contributed by atoms with Crippen LogP contribution in [0.4, 0.5) is 9.59 Å². The van der Waals surface area contributed by atoms with Crippen LogP contribution in [-0.2, 0) is 152 Å². The molecule has 8 aliphatic heterocycles. The Hall–Kier alpha value is -6.62. The van der Waals surface area contributed by atoms with Crippen molar-refractivity contribution in [2.45, 2.75) is 441 Å². The predicted octanol–water partition coefficient (Wildman–Crippen LogP) is 12.2. The molecule has 8 heterocycles. The number of carbonyl (C=O) groups excluding carboxylic acids is 10. The Morgan fingerprint density at radius 1 is 0.420 bits per heavy atom. The standard InChI is InChI=1S/C57H96N2O19.C53H92N2O17/c1-28(2)22-42(62)74-47-36(10)45(31(5)27-68-54-51(67-21)50(66-20)49(39(13)71-54)73-41(15)61)76-53(64)38(12)48(75-43-24-32(6)59(19)26-34(8)69-43)35(9)44(77-55-46(72-40(14)60)29(3)23-33(7)70-55)30(4)25-57(16,52(63)37(47)11)78-56(65)58(17)18;1-26(2)20-38(56)68-44-34(10)43(29(5)25-64-51-47(63-19)46(62-18)41(58)37(13)67-51)70-49(60)36(12)45(69-39-22-30(6)55(17)24-32(8)65-39)33(9)42(71-50-40(57)27(3)21-31(7)66-50)28(4)23-53(14,48(59)35(44)11)72-52(61)54(15)16/h28,30-39,43-51,54-55H,3,22-27H2,1-2,4-21H3;26,28-37,39-47,50-51,57-58H,3,20-25H2,1-2,4-19H3/t30-,31-,32+,33+,34-,35+,36-,37+,38+,39+,43-,44-,45+,46+,47+,48-,49+,50+,51+,54+,55-,57-;28-,29-,30+,31+,32-,33+,34-,35+,36+,37+,39-,40+,41+,42-,43+,44+,45-,46+,47+,50-,51+,53-/m00/s1. The third-order valence-electron chi connectivity index (χ3n) is 30.9. The van der Waals surface area contributed by atoms with E-state index in [1.165, 1.54) is 87.2 Å². The number of nitrogens with zero attached hydrogens (tertiary/aromatic N) is 4. The molecule has 8 aliphatic rings. The van der Waals surface area contributed by atoms with Crippen molar-refractivity contribution in [3.63, 3.8) is 0 Å². The van der Waals surface area contributed by atoms with Crippen molar-refractivity contribution in [2.24, 2.45) is 82.9 Å². The Bertz CT molecular complexity index is 4340. The second-order valence-corrected chi connectivity index (χ2v) is 46.0. The molecule has 0 saturated carbocycles. The summed E-state index contributed by atoms with van der Waals surface area (Å²) in [6.07, 6.45) is -24.9. The number of amides is 2. The summed E-state index contributed by atoms with van der Waals surface area (Å²) in [6.45, 7) is 58.9. The van der Waals surface area contributed by atoms with E-state index in [2.05, 4.69) is 36.8 Å². The Kier molecular flexibility index (Phi) is 50.4. The summed E-state index contributed by atoms with van der Waals surface area (Å²) < 4.78 is 152. The number of esters is 6. The molecular weight excluding hydrogens is 1950 g/mol. The minimum absolute atomic E-state index is 0.00756. The predicted molar refractivity (Wildman–Crippen MR) is 549 cm³/mol. The minimum atomic E-state index is -1.91. The zero-order valence-electron chi connectivity index (χ0n) is 96.9. The van der Waals surface area contributed by atoms with Gasteiger partial charge in [0.05, 0.1) is 97.9 Å². The number of ether oxygens (including phenoxy) is 24. The largest absolute Gasteiger partial charge is 0.461 e. The van der Waals surface area contributed by atoms with Crippen molar-refractivity contribution >= 4 is 59.6 Å². The van der Waals surface area contributed by atoms with Crippen molar-refractivity contribution in [3.8, 4) is 0 Å². The van der Waals surface area contributed by atoms with Crippen molar-refractivity contribution < 1.29 is 172 Å². The molecule has 0 aromatic carbocycles. The van der Waals surface area contributed by atoms with Gasteiger partial charge in [0.2, 0.25) is 0 Å². The van der Waals surface area contributed by atoms with Gasteiger partial charge in [0.25, 0.3) is 0 Å². The highest BCUT2D eigenvalue weighted by atomic mass is 16.8. The molecule has 8 saturated heterocycles. The summed E-state index contributed by atoms with van der Waals surface area (Å²) >= 11 is 0. The van der Waals surface area contributed by atoms with Gasteiger partial charge in [-0.25, -0.2) is 9.59 Å². The van der Waals surface area contributed by atoms with Crippen molar-refractivity contribution in [3.05, 3.63) is 24.3 Å². The fraction of sp³-hybridized carbons (Fsp3) is 0.873. The van der Waals surface area contributed by atoms with Gasteiger partial charge in [-0.3, -0.25) is 38.4 Å². The molecule has 40 heteroatoms. The van der Waals surface area contributed by atoms with E-state index in [-0.39, 0.29) is 81.1 Å². The molecule has 0 aromatic rings. The van der Waals surface area contributed by atoms with Gasteiger partial charge in [-0.1, -0.05) is 110 Å². The number of cyclic esters (lactones) is 2. The number of rotatable bonds is 30. The van der Waals surface area contributed by atoms with Crippen LogP contribution < -0.4 is 0 Å². The van der Waals surface area contributed by atoms with Crippen LogP contribution in [0.15, 0.2) is 24.3 Å². The molecule has 2 N–H and O–H groups in total. The molecule has 864 valence electrons. The van der Waals surface area contributed by atoms with Crippen molar-refractivity contribution in [1.82, 2.24) is 19.6 Å². The number of hydrogen-bond donors (Lipinski definition) is 2. The first kappa shape index (κ1) is 130. The highest BCUT2D eigenvalue weighted by Gasteiger charge is 2.58. The van der Waals surface area contributed by atoms with Crippen LogP contribution >= 0.6 is 0 Å². The fourth-order valence-corrected chi connectivity index (χ4v) is 22.5. The van der Waals surface area contributed by atoms with E-state index in [9.17, 15) is 39.0 Å². The Balaban J connectivity index is 0.000000407. The van der Waals surface area contributed by atoms with Crippen LogP contribution in [0.1, 0.15) is 245 Å². The van der Waals surface area contributed by atoms with Crippen LogP contribution in [0.3, 0.4) is 0 Å². The summed E-state index contributed by atoms with van der Waals surface area (Å²) in [5, 5.41) is 22.4. The number of aliphatic hydroxyl groups is 2. The van der Waals surface area contributed by atoms with Gasteiger partial charge >= 0.3 is 48.0 Å². The SMILES string of the molecule is C=C1C[C@@H](C)O[C@@H](O[C@@H]2[C@@H](C)[C@H](O[C@H]3C[C@@H](C)N(C)C[C@H](C)O3)[C@@H](C)C(=O)O[C@H]([C@@H](C)CO[C@@H]3O[C@H](C)[C@@H](O)[C@@H](OC)[C@H]3OC)[C@H](C)[C@@H](OC(=O)CC(C)C)[C@@H](C)C(=O)[C@@](C)(OC(=O)N(C)C)C[C@@H]2C)[C@@H]1O.C=C1C[C@@H](C)O[C@@H](O[C@@H]2[C@@H](C)[C@H](O[C@H]3C[C@@H](C)N(C)C[C@H](C)O3)[C@@H](C)C(=O)O[C@H]([C@@H](C)CO[C@@H]3O[C@H](C)[C@@H](OC(C)=O)[C@@H](OC)[C@H]3OC)[C@H](C)[C@@H](OC(=O)CC(C)C)[C@@H](C)C(=O)[C@@](C)(OC(=O)N(C)C)C[C@@H]2C)[C@@H]1OC(C)=O. The van der Waals surface area contributed by atoms with E-state index in [4.69, 9.17) is 114 Å². The zero-order chi connectivity index (χ0) is 113. The molecule has 0 aliphatic carbocycles. The van der Waals surface area contributed by atoms with Crippen LogP contribution in [-0.4, -0.2) is 382 Å². The monoisotopic (exact) mass is 2140 g/mol. The van der Waals surface area contributed by atoms with Gasteiger partial charge in [-0.15, -0.1) is 0 Å². The number of methoxy groups -OCH3 is 4. The minimum Gasteiger partial charge on any atom is -0.461 e. The lowest BCUT2D eigenvalue weighted by Crippen LogP contribution is -2.60. The molecule has 44 atom stereocenters. The number of likely N-dealkylation sites (N-methyl/N-ethyl adjacent to an activating group) is 2. The number of aliphatic hydroxyl groups excluding tert-OH is 2. The average molecular weight is 2140 g/mol. The first-order chi connectivity index (χ1) is 69.9. The first-order valence-electron chi connectivity index (χ1n) is 53.9. The topological polar surface area (TPSA) is 446 Å². The Morgan fingerprint density at radius 2 is 0.787 bits per heavy atom. The second kappa shape index (κ2) is 58.1. The van der Waals surface area contributed by atoms with Crippen LogP contribution in [0.5, 0.6) is 0 Å². The summed E-state index contributed by atoms with van der Waals surface area (Å²) in [4.78, 5) is 149. The van der Waals surface area contributed by atoms with Crippen LogP contribution in [0.2, 0.25) is 0 Å². The maximum atomic E-state index is 15.7. The van der Waals surface area contributed by atoms with E-state index in [0.29, 0.717) is 49.9 Å². The van der Waals surface area contributed by atoms with Gasteiger partial charge in [-0.2, -0.15) is 0 Å². The summed E-state index contributed by atoms with van der Waals surface area (Å²) in [5.41, 5.74) is -2.70. The first-order valence-corrected chi connectivity index (χ1v) is 53.9. The van der Waals surface area contributed by atoms with Gasteiger partial charge in [0, 0.05) is 157 Å². The lowest BCUT2D eigenvalue weighted by molar-refractivity contribution is -0.307. The number of Topliss-reactive ketones (excluding diaryl/α,β-unsaturated/α-hetero) is 2. The Labute approximate surface area is 891 Å². The molecule has 0 spiro atoms. The van der Waals surface area contributed by atoms with Crippen molar-refractivity contribution in [2.75, 3.05) is 97.0 Å². The molecule has 0 bridgehead atoms. The molecule has 40 nitrogen and oxygen atoms in total. The lowest BCUT2D eigenvalue weighted by atomic mass is 9.74. The molecule has 8 fully saturated rings. The molecule has 150 heavy (non-hydrogen) atoms. The van der Waals surface area contributed by atoms with Gasteiger partial charge in [0.15, 0.2) is 72.7 Å². The van der Waals surface area contributed by atoms with Gasteiger partial charge in [0.1, 0.15) is 61.0 Å². The summed E-state index contributed by atoms with van der Waals surface area (Å²) in [5.74, 6) is -15.4. The number of ketones is 2. The highest BCUT2D eigenvalue weighted by molar-refractivity contribution is 5.92. The highest BCUT2D eigenvalue weighted by Crippen LogP contribution is 2.46. The molecule has 0 unspecified atom stereocenters. The normalized spacial score (nSPS) is 40.4. The molecule has 2 amide bonds. The van der Waals surface area contributed by atoms with E-state index in [1.807, 2.05) is 104 Å². The lowest BCUT2D eigenvalue weighted by Gasteiger charge is -2.45. The maximum Gasteiger partial charge on any atom is 0.410 e. The molecule has 0 aromatic heterocycles. The van der Waals surface area contributed by atoms with E-state index in [1.54, 1.807) is 69.2 Å². The Morgan fingerprint density at radius 3 is 1.16 bits per heavy atom. The third-order valence-corrected chi connectivity index (χ3v) is 30.9. The molecule has 0 radical (unpaired) electrons. The van der Waals surface area contributed by atoms with Gasteiger partial charge in [-0.05, 0) is 158 Å². The van der Waals surface area contributed by atoms with Gasteiger partial charge < -0.3 is 143 Å². The fourth-order valence-electron chi connectivity index (χ4n) is 22.5. The summed E-state index contributed by atoms with van der Waals surface area (Å²) in [7, 11) is 15.9. The third kappa shape index (κ3) is 34.7. The molecule has 8 rings (SSSR count). The quantitative estimate of drug-likeness (QED) is 0.0383. The zero-order valence-corrected chi connectivity index (χ0v) is 96.9. The summed E-state index contributed by atoms with van der Waals surface area (Å²) in [6, 6.07) is 0.0507. The smallest absolute Gasteiger partial charge is 0.410 e. The van der Waals surface area contributed by atoms with E-state index >= 15 is 19.2 Å². The van der Waals surface area contributed by atoms with Crippen molar-refractivity contribution in [1.29, 1.82) is 0 Å². The van der Waals surface area contributed by atoms with Crippen LogP contribution in [0, 0.1) is 82.9 Å². The second-order valence-electron chi connectivity index (χ2n) is 46.0. The van der Waals surface area contributed by atoms with E-state index in [0.717, 1.165) is 0 Å². The maximum absolute atomic E-state index is 15.7. The molecular formula is C110H188N4O36. The van der Waals surface area contributed by atoms with E-state index < -0.39 is 296 Å². The number of carbonyl (C=O) groups is 10. The number of hydrogen-bond acceptors (Lipinski definition) is 38. The van der Waals surface area contributed by atoms with Crippen LogP contribution in [0.25, 0.3) is 0 Å².